The van der Waals surface area contributed by atoms with Gasteiger partial charge in [-0.3, -0.25) is 0 Å². The van der Waals surface area contributed by atoms with Gasteiger partial charge in [-0.25, -0.2) is 0 Å². The fraction of sp³-hybridized carbons (Fsp3) is 0.250. The van der Waals surface area contributed by atoms with Gasteiger partial charge in [0, 0.05) is 11.7 Å². The molecule has 1 rings (SSSR count). The minimum Gasteiger partial charge on any atom is -0.399 e. The number of anilines is 1. The molecule has 0 heterocycles. The average molecular weight is 136 g/mol. The second-order valence-corrected chi connectivity index (χ2v) is 2.46. The van der Waals surface area contributed by atoms with Crippen LogP contribution in [0.4, 0.5) is 5.69 Å². The van der Waals surface area contributed by atoms with Crippen molar-refractivity contribution in [2.24, 2.45) is 5.73 Å². The van der Waals surface area contributed by atoms with E-state index in [9.17, 15) is 0 Å². The van der Waals surface area contributed by atoms with Crippen LogP contribution in [0.25, 0.3) is 0 Å². The molecule has 0 radical (unpaired) electrons. The van der Waals surface area contributed by atoms with Crippen molar-refractivity contribution < 1.29 is 0 Å². The van der Waals surface area contributed by atoms with Gasteiger partial charge in [0.05, 0.1) is 0 Å². The molecule has 1 atom stereocenters. The van der Waals surface area contributed by atoms with Crippen molar-refractivity contribution in [2.45, 2.75) is 13.0 Å². The molecule has 0 aliphatic heterocycles. The molecule has 2 heteroatoms. The Morgan fingerprint density at radius 2 is 2.10 bits per heavy atom. The lowest BCUT2D eigenvalue weighted by Gasteiger charge is -2.04. The van der Waals surface area contributed by atoms with Gasteiger partial charge in [0.2, 0.25) is 0 Å². The fourth-order valence-electron chi connectivity index (χ4n) is 0.842. The van der Waals surface area contributed by atoms with Crippen molar-refractivity contribution in [3.8, 4) is 0 Å². The molecule has 1 aromatic carbocycles. The minimum atomic E-state index is 0.0727. The van der Waals surface area contributed by atoms with E-state index in [2.05, 4.69) is 0 Å². The lowest BCUT2D eigenvalue weighted by atomic mass is 10.1. The van der Waals surface area contributed by atoms with Crippen LogP contribution >= 0.6 is 0 Å². The summed E-state index contributed by atoms with van der Waals surface area (Å²) in [7, 11) is 0. The van der Waals surface area contributed by atoms with E-state index in [-0.39, 0.29) is 6.04 Å². The molecule has 0 saturated carbocycles. The third kappa shape index (κ3) is 1.48. The van der Waals surface area contributed by atoms with Crippen LogP contribution in [-0.4, -0.2) is 0 Å². The minimum absolute atomic E-state index is 0.0727. The first-order valence-corrected chi connectivity index (χ1v) is 3.31. The summed E-state index contributed by atoms with van der Waals surface area (Å²) in [6, 6.07) is 7.70. The molecule has 0 saturated heterocycles. The summed E-state index contributed by atoms with van der Waals surface area (Å²) in [4.78, 5) is 0. The summed E-state index contributed by atoms with van der Waals surface area (Å²) in [5.74, 6) is 0. The zero-order valence-electron chi connectivity index (χ0n) is 6.04. The van der Waals surface area contributed by atoms with Gasteiger partial charge in [-0.1, -0.05) is 12.1 Å². The van der Waals surface area contributed by atoms with Crippen molar-refractivity contribution in [2.75, 3.05) is 5.73 Å². The maximum absolute atomic E-state index is 5.63. The predicted octanol–water partition coefficient (Wildman–Crippen LogP) is 1.29. The summed E-state index contributed by atoms with van der Waals surface area (Å²) in [5, 5.41) is 0. The van der Waals surface area contributed by atoms with E-state index < -0.39 is 0 Å². The normalized spacial score (nSPS) is 13.0. The van der Waals surface area contributed by atoms with Crippen molar-refractivity contribution >= 4 is 5.69 Å². The Morgan fingerprint density at radius 1 is 1.40 bits per heavy atom. The predicted molar refractivity (Wildman–Crippen MR) is 43.5 cm³/mol. The highest BCUT2D eigenvalue weighted by molar-refractivity contribution is 5.41. The van der Waals surface area contributed by atoms with Crippen LogP contribution in [-0.2, 0) is 0 Å². The van der Waals surface area contributed by atoms with Crippen LogP contribution in [0.3, 0.4) is 0 Å². The van der Waals surface area contributed by atoms with Gasteiger partial charge in [0.15, 0.2) is 0 Å². The molecule has 0 aliphatic carbocycles. The Labute approximate surface area is 60.8 Å². The van der Waals surface area contributed by atoms with Gasteiger partial charge >= 0.3 is 0 Å². The average Bonchev–Trinajstić information content (AvgIpc) is 1.88. The highest BCUT2D eigenvalue weighted by Gasteiger charge is 1.96. The molecular weight excluding hydrogens is 124 g/mol. The number of rotatable bonds is 1. The highest BCUT2D eigenvalue weighted by Crippen LogP contribution is 2.12. The number of benzene rings is 1. The maximum Gasteiger partial charge on any atom is 0.0317 e. The molecule has 0 amide bonds. The van der Waals surface area contributed by atoms with Gasteiger partial charge in [-0.05, 0) is 24.6 Å². The van der Waals surface area contributed by atoms with E-state index in [0.717, 1.165) is 11.3 Å². The summed E-state index contributed by atoms with van der Waals surface area (Å²) in [6.45, 7) is 1.94. The zero-order valence-corrected chi connectivity index (χ0v) is 6.04. The number of nitrogens with two attached hydrogens (primary N) is 2. The molecule has 2 nitrogen and oxygen atoms in total. The lowest BCUT2D eigenvalue weighted by Crippen LogP contribution is -2.04. The van der Waals surface area contributed by atoms with Crippen molar-refractivity contribution in [3.05, 3.63) is 29.8 Å². The van der Waals surface area contributed by atoms with Crippen LogP contribution in [0.15, 0.2) is 24.3 Å². The van der Waals surface area contributed by atoms with E-state index >= 15 is 0 Å². The number of hydrogen-bond donors (Lipinski definition) is 2. The number of nitrogen functional groups attached to an aromatic ring is 1. The molecule has 1 aromatic rings. The summed E-state index contributed by atoms with van der Waals surface area (Å²) < 4.78 is 0. The lowest BCUT2D eigenvalue weighted by molar-refractivity contribution is 0.819. The van der Waals surface area contributed by atoms with E-state index in [1.165, 1.54) is 0 Å². The first-order valence-electron chi connectivity index (χ1n) is 3.31. The van der Waals surface area contributed by atoms with Gasteiger partial charge in [0.25, 0.3) is 0 Å². The van der Waals surface area contributed by atoms with Crippen LogP contribution in [0.2, 0.25) is 0 Å². The Bertz CT molecular complexity index is 218. The molecule has 0 unspecified atom stereocenters. The first kappa shape index (κ1) is 7.09. The standard InChI is InChI=1S/C8H12N2/c1-6(9)7-3-2-4-8(10)5-7/h2-6H,9-10H2,1H3/t6-/m1/s1. The smallest absolute Gasteiger partial charge is 0.0317 e. The van der Waals surface area contributed by atoms with Crippen LogP contribution in [0.5, 0.6) is 0 Å². The molecule has 10 heavy (non-hydrogen) atoms. The van der Waals surface area contributed by atoms with E-state index in [1.54, 1.807) is 0 Å². The molecular formula is C8H12N2. The molecule has 0 aliphatic rings. The Hall–Kier alpha value is -1.02. The van der Waals surface area contributed by atoms with Crippen molar-refractivity contribution in [3.63, 3.8) is 0 Å². The fourth-order valence-corrected chi connectivity index (χ4v) is 0.842. The van der Waals surface area contributed by atoms with E-state index in [0.29, 0.717) is 0 Å². The van der Waals surface area contributed by atoms with Gasteiger partial charge in [0.1, 0.15) is 0 Å². The van der Waals surface area contributed by atoms with Crippen LogP contribution in [0, 0.1) is 0 Å². The molecule has 0 aromatic heterocycles. The van der Waals surface area contributed by atoms with E-state index in [1.807, 2.05) is 31.2 Å². The largest absolute Gasteiger partial charge is 0.399 e. The third-order valence-corrected chi connectivity index (χ3v) is 1.44. The first-order chi connectivity index (χ1) is 4.70. The highest BCUT2D eigenvalue weighted by atomic mass is 14.6. The topological polar surface area (TPSA) is 52.0 Å². The monoisotopic (exact) mass is 136 g/mol. The summed E-state index contributed by atoms with van der Waals surface area (Å²) >= 11 is 0. The van der Waals surface area contributed by atoms with Gasteiger partial charge < -0.3 is 11.5 Å². The number of hydrogen-bond acceptors (Lipinski definition) is 2. The van der Waals surface area contributed by atoms with Crippen molar-refractivity contribution in [1.29, 1.82) is 0 Å². The molecule has 54 valence electrons. The Morgan fingerprint density at radius 3 is 2.50 bits per heavy atom. The Balaban J connectivity index is 2.96. The second-order valence-electron chi connectivity index (χ2n) is 2.46. The van der Waals surface area contributed by atoms with Crippen molar-refractivity contribution in [1.82, 2.24) is 0 Å². The summed E-state index contributed by atoms with van der Waals surface area (Å²) in [5.41, 5.74) is 13.0. The quantitative estimate of drug-likeness (QED) is 0.571. The molecule has 0 bridgehead atoms. The zero-order chi connectivity index (χ0) is 7.56. The van der Waals surface area contributed by atoms with Gasteiger partial charge in [-0.2, -0.15) is 0 Å². The SMILES string of the molecule is C[C@@H](N)c1cccc(N)c1. The van der Waals surface area contributed by atoms with Gasteiger partial charge in [-0.15, -0.1) is 0 Å². The molecule has 4 N–H and O–H groups in total. The Kier molecular flexibility index (Phi) is 1.92. The maximum atomic E-state index is 5.63. The van der Waals surface area contributed by atoms with Crippen LogP contribution < -0.4 is 11.5 Å². The summed E-state index contributed by atoms with van der Waals surface area (Å²) in [6.07, 6.45) is 0. The van der Waals surface area contributed by atoms with E-state index in [4.69, 9.17) is 11.5 Å². The molecule has 0 fully saturated rings. The third-order valence-electron chi connectivity index (χ3n) is 1.44. The molecule has 0 spiro atoms. The van der Waals surface area contributed by atoms with Crippen LogP contribution in [0.1, 0.15) is 18.5 Å². The second kappa shape index (κ2) is 2.71.